The highest BCUT2D eigenvalue weighted by molar-refractivity contribution is 6.62. The summed E-state index contributed by atoms with van der Waals surface area (Å²) in [5, 5.41) is 0.129. The Bertz CT molecular complexity index is 773. The van der Waals surface area contributed by atoms with E-state index in [1.54, 1.807) is 6.92 Å². The molecular weight excluding hydrogens is 274 g/mol. The van der Waals surface area contributed by atoms with E-state index in [2.05, 4.69) is 4.98 Å². The van der Waals surface area contributed by atoms with Crippen molar-refractivity contribution in [2.75, 3.05) is 6.61 Å². The van der Waals surface area contributed by atoms with Crippen molar-refractivity contribution in [1.29, 1.82) is 0 Å². The summed E-state index contributed by atoms with van der Waals surface area (Å²) >= 11 is 5.94. The molecule has 0 saturated carbocycles. The smallest absolute Gasteiger partial charge is 0.354 e. The Morgan fingerprint density at radius 1 is 1.30 bits per heavy atom. The monoisotopic (exact) mass is 281 g/mol. The van der Waals surface area contributed by atoms with Crippen molar-refractivity contribution >= 4 is 68.4 Å². The molecule has 2 rings (SSSR count). The van der Waals surface area contributed by atoms with Gasteiger partial charge in [0.05, 0.1) is 6.61 Å². The summed E-state index contributed by atoms with van der Waals surface area (Å²) < 4.78 is 4.82. The average Bonchev–Trinajstić information content (AvgIpc) is 2.42. The van der Waals surface area contributed by atoms with Crippen LogP contribution in [-0.2, 0) is 4.74 Å². The standard InChI is InChI=1S/C12H7B3ClNO3/c1-2-20-12(19)4-3-5(18)6-7(13)8(14)10(16)9(15)11(6)17-4/h3H,2H2,1H3,(H,17,18). The number of H-pyrrole nitrogens is 1. The van der Waals surface area contributed by atoms with Crippen LogP contribution in [0.5, 0.6) is 0 Å². The first kappa shape index (κ1) is 14.8. The van der Waals surface area contributed by atoms with Gasteiger partial charge in [-0.25, -0.2) is 4.79 Å². The van der Waals surface area contributed by atoms with E-state index >= 15 is 0 Å². The van der Waals surface area contributed by atoms with Crippen LogP contribution in [0.2, 0.25) is 5.02 Å². The molecule has 1 aromatic heterocycles. The molecule has 0 spiro atoms. The van der Waals surface area contributed by atoms with Crippen LogP contribution in [0.15, 0.2) is 10.9 Å². The van der Waals surface area contributed by atoms with Crippen molar-refractivity contribution < 1.29 is 9.53 Å². The lowest BCUT2D eigenvalue weighted by atomic mass is 9.74. The Balaban J connectivity index is 2.85. The molecule has 0 aliphatic rings. The molecule has 0 amide bonds. The van der Waals surface area contributed by atoms with E-state index in [0.29, 0.717) is 0 Å². The number of hydrogen-bond acceptors (Lipinski definition) is 3. The van der Waals surface area contributed by atoms with Gasteiger partial charge in [-0.2, -0.15) is 0 Å². The van der Waals surface area contributed by atoms with Crippen molar-refractivity contribution in [2.24, 2.45) is 0 Å². The molecule has 0 aliphatic carbocycles. The molecule has 1 aromatic carbocycles. The minimum absolute atomic E-state index is 0.0239. The molecular formula is C12H7B3ClNO3. The lowest BCUT2D eigenvalue weighted by Crippen LogP contribution is -2.36. The van der Waals surface area contributed by atoms with E-state index in [4.69, 9.17) is 39.9 Å². The minimum atomic E-state index is -0.669. The van der Waals surface area contributed by atoms with Crippen LogP contribution in [-0.4, -0.2) is 41.1 Å². The number of halogens is 1. The average molecular weight is 281 g/mol. The molecule has 1 N–H and O–H groups in total. The molecule has 0 aliphatic heterocycles. The molecule has 2 aromatic rings. The van der Waals surface area contributed by atoms with Crippen LogP contribution in [0.3, 0.4) is 0 Å². The van der Waals surface area contributed by atoms with Crippen LogP contribution in [0, 0.1) is 0 Å². The zero-order valence-electron chi connectivity index (χ0n) is 10.6. The van der Waals surface area contributed by atoms with Gasteiger partial charge in [0, 0.05) is 22.0 Å². The summed E-state index contributed by atoms with van der Waals surface area (Å²) in [6.07, 6.45) is 0. The van der Waals surface area contributed by atoms with E-state index < -0.39 is 11.4 Å². The van der Waals surface area contributed by atoms with E-state index in [9.17, 15) is 9.59 Å². The number of ether oxygens (including phenoxy) is 1. The number of fused-ring (bicyclic) bond motifs is 1. The van der Waals surface area contributed by atoms with Crippen molar-refractivity contribution in [3.05, 3.63) is 27.0 Å². The Kier molecular flexibility index (Phi) is 4.00. The van der Waals surface area contributed by atoms with E-state index in [1.807, 2.05) is 0 Å². The predicted molar refractivity (Wildman–Crippen MR) is 81.7 cm³/mol. The van der Waals surface area contributed by atoms with Gasteiger partial charge in [-0.1, -0.05) is 28.0 Å². The number of carbonyl (C=O) groups is 1. The molecule has 6 radical (unpaired) electrons. The fourth-order valence-electron chi connectivity index (χ4n) is 1.86. The fraction of sp³-hybridized carbons (Fsp3) is 0.167. The Morgan fingerprint density at radius 2 is 1.95 bits per heavy atom. The van der Waals surface area contributed by atoms with Gasteiger partial charge in [-0.05, 0) is 6.92 Å². The first-order valence-electron chi connectivity index (χ1n) is 5.74. The van der Waals surface area contributed by atoms with Crippen molar-refractivity contribution in [3.8, 4) is 0 Å². The van der Waals surface area contributed by atoms with Gasteiger partial charge in [0.1, 0.15) is 29.2 Å². The molecule has 0 unspecified atom stereocenters. The molecule has 0 atom stereocenters. The summed E-state index contributed by atoms with van der Waals surface area (Å²) in [5.74, 6) is -0.669. The highest BCUT2D eigenvalue weighted by Gasteiger charge is 2.16. The lowest BCUT2D eigenvalue weighted by Gasteiger charge is -2.14. The maximum atomic E-state index is 12.1. The number of esters is 1. The summed E-state index contributed by atoms with van der Waals surface area (Å²) in [6, 6.07) is 1.09. The zero-order chi connectivity index (χ0) is 15.0. The molecule has 4 nitrogen and oxygen atoms in total. The van der Waals surface area contributed by atoms with Crippen LogP contribution >= 0.6 is 11.6 Å². The molecule has 20 heavy (non-hydrogen) atoms. The van der Waals surface area contributed by atoms with Crippen LogP contribution in [0.1, 0.15) is 17.4 Å². The normalized spacial score (nSPS) is 10.7. The zero-order valence-corrected chi connectivity index (χ0v) is 11.4. The second-order valence-corrected chi connectivity index (χ2v) is 4.45. The summed E-state index contributed by atoms with van der Waals surface area (Å²) in [7, 11) is 17.3. The van der Waals surface area contributed by atoms with Gasteiger partial charge in [0.2, 0.25) is 0 Å². The third-order valence-corrected chi connectivity index (χ3v) is 3.24. The maximum absolute atomic E-state index is 12.1. The Hall–Kier alpha value is -1.62. The van der Waals surface area contributed by atoms with E-state index in [0.717, 1.165) is 6.07 Å². The van der Waals surface area contributed by atoms with Gasteiger partial charge in [-0.15, -0.1) is 0 Å². The van der Waals surface area contributed by atoms with Crippen molar-refractivity contribution in [1.82, 2.24) is 4.98 Å². The summed E-state index contributed by atoms with van der Waals surface area (Å²) in [4.78, 5) is 26.5. The third kappa shape index (κ3) is 2.26. The number of aromatic nitrogens is 1. The topological polar surface area (TPSA) is 59.2 Å². The highest BCUT2D eigenvalue weighted by Crippen LogP contribution is 2.09. The largest absolute Gasteiger partial charge is 0.461 e. The number of aromatic amines is 1. The molecule has 94 valence electrons. The second kappa shape index (κ2) is 5.41. The number of hydrogen-bond donors (Lipinski definition) is 1. The Morgan fingerprint density at radius 3 is 2.55 bits per heavy atom. The number of benzene rings is 1. The van der Waals surface area contributed by atoms with E-state index in [-0.39, 0.29) is 44.6 Å². The quantitative estimate of drug-likeness (QED) is 0.552. The first-order chi connectivity index (χ1) is 9.38. The molecule has 0 bridgehead atoms. The number of pyridine rings is 1. The van der Waals surface area contributed by atoms with Crippen LogP contribution in [0.4, 0.5) is 0 Å². The van der Waals surface area contributed by atoms with Crippen molar-refractivity contribution in [2.45, 2.75) is 6.92 Å². The number of carbonyl (C=O) groups excluding carboxylic acids is 1. The van der Waals surface area contributed by atoms with Gasteiger partial charge >= 0.3 is 5.97 Å². The predicted octanol–water partition coefficient (Wildman–Crippen LogP) is -1.26. The first-order valence-corrected chi connectivity index (χ1v) is 6.12. The number of rotatable bonds is 2. The molecule has 0 fully saturated rings. The van der Waals surface area contributed by atoms with E-state index in [1.165, 1.54) is 0 Å². The second-order valence-electron chi connectivity index (χ2n) is 4.07. The van der Waals surface area contributed by atoms with Gasteiger partial charge in [0.25, 0.3) is 0 Å². The number of nitrogens with one attached hydrogen (secondary N) is 1. The molecule has 0 saturated heterocycles. The lowest BCUT2D eigenvalue weighted by molar-refractivity contribution is 0.0520. The van der Waals surface area contributed by atoms with Crippen molar-refractivity contribution in [3.63, 3.8) is 0 Å². The SMILES string of the molecule is [B]c1c(Cl)c([B])c2[nH]c(C(=O)OCC)cc(=O)c2c1[B]. The molecule has 8 heteroatoms. The minimum Gasteiger partial charge on any atom is -0.461 e. The molecule has 1 heterocycles. The van der Waals surface area contributed by atoms with Gasteiger partial charge in [0.15, 0.2) is 5.43 Å². The fourth-order valence-corrected chi connectivity index (χ4v) is 2.05. The summed E-state index contributed by atoms with van der Waals surface area (Å²) in [6.45, 7) is 1.83. The van der Waals surface area contributed by atoms with Crippen LogP contribution < -0.4 is 21.8 Å². The van der Waals surface area contributed by atoms with Crippen LogP contribution in [0.25, 0.3) is 10.9 Å². The highest BCUT2D eigenvalue weighted by atomic mass is 35.5. The summed E-state index contributed by atoms with van der Waals surface area (Å²) in [5.41, 5.74) is -0.249. The van der Waals surface area contributed by atoms with Gasteiger partial charge < -0.3 is 9.72 Å². The third-order valence-electron chi connectivity index (χ3n) is 2.83. The maximum Gasteiger partial charge on any atom is 0.354 e. The van der Waals surface area contributed by atoms with Gasteiger partial charge in [-0.3, -0.25) is 4.79 Å². The Labute approximate surface area is 124 Å².